The molecule has 24 heavy (non-hydrogen) atoms. The average Bonchev–Trinajstić information content (AvgIpc) is 2.59. The van der Waals surface area contributed by atoms with Crippen molar-refractivity contribution in [2.24, 2.45) is 0 Å². The topological polar surface area (TPSA) is 71.1 Å². The lowest BCUT2D eigenvalue weighted by atomic mass is 10.2. The van der Waals surface area contributed by atoms with Gasteiger partial charge in [0.05, 0.1) is 26.4 Å². The van der Waals surface area contributed by atoms with Crippen LogP contribution in [0.5, 0.6) is 5.75 Å². The summed E-state index contributed by atoms with van der Waals surface area (Å²) >= 11 is 0. The summed E-state index contributed by atoms with van der Waals surface area (Å²) in [6.07, 6.45) is 0.00628. The second-order valence-corrected chi connectivity index (χ2v) is 6.01. The third-order valence-corrected chi connectivity index (χ3v) is 3.79. The number of rotatable bonds is 6. The smallest absolute Gasteiger partial charge is 0.251 e. The Morgan fingerprint density at radius 2 is 2.21 bits per heavy atom. The maximum Gasteiger partial charge on any atom is 0.251 e. The lowest BCUT2D eigenvalue weighted by Gasteiger charge is -2.34. The number of carbonyl (C=O) groups is 2. The van der Waals surface area contributed by atoms with Gasteiger partial charge < -0.3 is 24.6 Å². The molecule has 1 aromatic rings. The van der Waals surface area contributed by atoms with Gasteiger partial charge in [0.25, 0.3) is 5.91 Å². The van der Waals surface area contributed by atoms with Crippen molar-refractivity contribution < 1.29 is 19.1 Å². The maximum absolute atomic E-state index is 12.3. The number of morpholine rings is 1. The monoisotopic (exact) mass is 335 g/mol. The number of ether oxygens (including phenoxy) is 2. The average molecular weight is 335 g/mol. The van der Waals surface area contributed by atoms with Crippen LogP contribution in [0.25, 0.3) is 0 Å². The highest BCUT2D eigenvalue weighted by molar-refractivity contribution is 5.96. The molecule has 1 aliphatic rings. The first-order chi connectivity index (χ1) is 11.5. The van der Waals surface area contributed by atoms with Gasteiger partial charge in [-0.1, -0.05) is 6.07 Å². The number of amides is 2. The predicted octanol–water partition coefficient (Wildman–Crippen LogP) is 0.214. The van der Waals surface area contributed by atoms with E-state index in [0.717, 1.165) is 6.54 Å². The van der Waals surface area contributed by atoms with Gasteiger partial charge in [0.2, 0.25) is 5.91 Å². The second-order valence-electron chi connectivity index (χ2n) is 6.01. The molecule has 1 aliphatic heterocycles. The van der Waals surface area contributed by atoms with E-state index in [1.807, 2.05) is 19.0 Å². The van der Waals surface area contributed by atoms with Crippen molar-refractivity contribution >= 4 is 11.8 Å². The minimum atomic E-state index is -0.291. The van der Waals surface area contributed by atoms with Crippen LogP contribution in [0.15, 0.2) is 24.3 Å². The van der Waals surface area contributed by atoms with Gasteiger partial charge in [-0.15, -0.1) is 0 Å². The Morgan fingerprint density at radius 3 is 2.92 bits per heavy atom. The molecule has 1 unspecified atom stereocenters. The molecular weight excluding hydrogens is 310 g/mol. The molecule has 1 heterocycles. The lowest BCUT2D eigenvalue weighted by Crippen LogP contribution is -2.51. The number of hydrogen-bond acceptors (Lipinski definition) is 5. The molecule has 0 aromatic heterocycles. The molecule has 0 aliphatic carbocycles. The van der Waals surface area contributed by atoms with Crippen LogP contribution in [0.2, 0.25) is 0 Å². The fraction of sp³-hybridized carbons (Fsp3) is 0.529. The number of benzene rings is 1. The van der Waals surface area contributed by atoms with Crippen LogP contribution in [0.3, 0.4) is 0 Å². The number of nitrogens with zero attached hydrogens (tertiary/aromatic N) is 2. The summed E-state index contributed by atoms with van der Waals surface area (Å²) in [7, 11) is 5.49. The largest absolute Gasteiger partial charge is 0.497 e. The van der Waals surface area contributed by atoms with Crippen molar-refractivity contribution in [3.63, 3.8) is 0 Å². The maximum atomic E-state index is 12.3. The van der Waals surface area contributed by atoms with Gasteiger partial charge in [-0.3, -0.25) is 9.59 Å². The summed E-state index contributed by atoms with van der Waals surface area (Å²) in [6, 6.07) is 6.83. The Hall–Kier alpha value is -2.12. The number of carbonyl (C=O) groups excluding carboxylic acids is 2. The summed E-state index contributed by atoms with van der Waals surface area (Å²) in [5.74, 6) is 0.215. The standard InChI is InChI=1S/C17H25N3O4/c1-19(2)11-15-12-20(7-8-24-15)16(21)10-18-17(22)13-5-4-6-14(9-13)23-3/h4-6,9,15H,7-8,10-12H2,1-3H3,(H,18,22). The van der Waals surface area contributed by atoms with Gasteiger partial charge in [0, 0.05) is 25.2 Å². The second kappa shape index (κ2) is 8.65. The summed E-state index contributed by atoms with van der Waals surface area (Å²) in [5.41, 5.74) is 0.467. The van der Waals surface area contributed by atoms with Crippen molar-refractivity contribution in [3.05, 3.63) is 29.8 Å². The van der Waals surface area contributed by atoms with Crippen LogP contribution in [-0.2, 0) is 9.53 Å². The summed E-state index contributed by atoms with van der Waals surface area (Å²) in [5, 5.41) is 2.67. The van der Waals surface area contributed by atoms with Gasteiger partial charge in [0.1, 0.15) is 5.75 Å². The molecule has 0 bridgehead atoms. The molecule has 0 spiro atoms. The van der Waals surface area contributed by atoms with E-state index in [-0.39, 0.29) is 24.5 Å². The molecule has 1 atom stereocenters. The number of hydrogen-bond donors (Lipinski definition) is 1. The van der Waals surface area contributed by atoms with Crippen LogP contribution in [0, 0.1) is 0 Å². The third kappa shape index (κ3) is 5.21. The Balaban J connectivity index is 1.84. The van der Waals surface area contributed by atoms with E-state index in [9.17, 15) is 9.59 Å². The van der Waals surface area contributed by atoms with Crippen LogP contribution < -0.4 is 10.1 Å². The van der Waals surface area contributed by atoms with Crippen LogP contribution in [-0.4, -0.2) is 81.7 Å². The lowest BCUT2D eigenvalue weighted by molar-refractivity contribution is -0.138. The van der Waals surface area contributed by atoms with E-state index < -0.39 is 0 Å². The molecule has 0 saturated carbocycles. The third-order valence-electron chi connectivity index (χ3n) is 3.79. The number of methoxy groups -OCH3 is 1. The molecule has 7 heteroatoms. The number of nitrogens with one attached hydrogen (secondary N) is 1. The summed E-state index contributed by atoms with van der Waals surface area (Å²) in [4.78, 5) is 28.2. The Labute approximate surface area is 142 Å². The zero-order valence-corrected chi connectivity index (χ0v) is 14.4. The van der Waals surface area contributed by atoms with Gasteiger partial charge in [0.15, 0.2) is 0 Å². The molecule has 7 nitrogen and oxygen atoms in total. The molecular formula is C17H25N3O4. The highest BCUT2D eigenvalue weighted by Gasteiger charge is 2.24. The minimum Gasteiger partial charge on any atom is -0.497 e. The van der Waals surface area contributed by atoms with Crippen molar-refractivity contribution in [3.8, 4) is 5.75 Å². The molecule has 0 radical (unpaired) electrons. The fourth-order valence-corrected chi connectivity index (χ4v) is 2.60. The van der Waals surface area contributed by atoms with Gasteiger partial charge in [-0.2, -0.15) is 0 Å². The van der Waals surface area contributed by atoms with E-state index in [1.54, 1.807) is 36.3 Å². The van der Waals surface area contributed by atoms with Crippen molar-refractivity contribution in [1.82, 2.24) is 15.1 Å². The van der Waals surface area contributed by atoms with Gasteiger partial charge in [-0.25, -0.2) is 0 Å². The van der Waals surface area contributed by atoms with E-state index in [2.05, 4.69) is 5.32 Å². The normalized spacial score (nSPS) is 17.7. The van der Waals surface area contributed by atoms with E-state index in [1.165, 1.54) is 0 Å². The Morgan fingerprint density at radius 1 is 1.42 bits per heavy atom. The van der Waals surface area contributed by atoms with E-state index in [0.29, 0.717) is 31.0 Å². The molecule has 132 valence electrons. The highest BCUT2D eigenvalue weighted by Crippen LogP contribution is 2.12. The molecule has 1 saturated heterocycles. The predicted molar refractivity (Wildman–Crippen MR) is 90.2 cm³/mol. The van der Waals surface area contributed by atoms with E-state index in [4.69, 9.17) is 9.47 Å². The van der Waals surface area contributed by atoms with Crippen molar-refractivity contribution in [2.75, 3.05) is 54.0 Å². The molecule has 1 N–H and O–H groups in total. The molecule has 1 fully saturated rings. The SMILES string of the molecule is COc1cccc(C(=O)NCC(=O)N2CCOC(CN(C)C)C2)c1. The van der Waals surface area contributed by atoms with Crippen LogP contribution in [0.4, 0.5) is 0 Å². The molecule has 2 amide bonds. The first-order valence-corrected chi connectivity index (χ1v) is 7.96. The summed E-state index contributed by atoms with van der Waals surface area (Å²) in [6.45, 7) is 2.36. The summed E-state index contributed by atoms with van der Waals surface area (Å²) < 4.78 is 10.7. The fourth-order valence-electron chi connectivity index (χ4n) is 2.60. The quantitative estimate of drug-likeness (QED) is 0.805. The zero-order chi connectivity index (χ0) is 17.5. The highest BCUT2D eigenvalue weighted by atomic mass is 16.5. The Kier molecular flexibility index (Phi) is 6.57. The Bertz CT molecular complexity index is 577. The van der Waals surface area contributed by atoms with Gasteiger partial charge >= 0.3 is 0 Å². The first-order valence-electron chi connectivity index (χ1n) is 7.96. The van der Waals surface area contributed by atoms with Crippen molar-refractivity contribution in [2.45, 2.75) is 6.10 Å². The van der Waals surface area contributed by atoms with Gasteiger partial charge in [-0.05, 0) is 32.3 Å². The molecule has 2 rings (SSSR count). The number of likely N-dealkylation sites (N-methyl/N-ethyl adjacent to an activating group) is 1. The molecule has 1 aromatic carbocycles. The van der Waals surface area contributed by atoms with Crippen LogP contribution >= 0.6 is 0 Å². The zero-order valence-electron chi connectivity index (χ0n) is 14.4. The van der Waals surface area contributed by atoms with Crippen molar-refractivity contribution in [1.29, 1.82) is 0 Å². The minimum absolute atomic E-state index is 0.00628. The van der Waals surface area contributed by atoms with Crippen LogP contribution in [0.1, 0.15) is 10.4 Å². The van der Waals surface area contributed by atoms with E-state index >= 15 is 0 Å². The first kappa shape index (κ1) is 18.2.